The van der Waals surface area contributed by atoms with Crippen molar-refractivity contribution in [2.24, 2.45) is 0 Å². The summed E-state index contributed by atoms with van der Waals surface area (Å²) in [4.78, 5) is 0. The van der Waals surface area contributed by atoms with E-state index in [0.717, 1.165) is 0 Å². The van der Waals surface area contributed by atoms with Gasteiger partial charge in [-0.05, 0) is 11.1 Å². The van der Waals surface area contributed by atoms with Crippen LogP contribution in [0.15, 0.2) is 0 Å². The van der Waals surface area contributed by atoms with Crippen molar-refractivity contribution in [2.75, 3.05) is 0 Å². The highest BCUT2D eigenvalue weighted by atomic mass is 32.3. The summed E-state index contributed by atoms with van der Waals surface area (Å²) >= 11 is -3.89. The fourth-order valence-electron chi connectivity index (χ4n) is 0.628. The van der Waals surface area contributed by atoms with Crippen LogP contribution in [0.4, 0.5) is 17.6 Å². The zero-order valence-corrected chi connectivity index (χ0v) is 10.8. The van der Waals surface area contributed by atoms with Crippen molar-refractivity contribution in [1.29, 1.82) is 0 Å². The van der Waals surface area contributed by atoms with E-state index in [1.54, 1.807) is 0 Å². The van der Waals surface area contributed by atoms with E-state index in [4.69, 9.17) is 0 Å². The Bertz CT molecular complexity index is 433. The molecule has 0 saturated carbocycles. The van der Waals surface area contributed by atoms with E-state index in [1.165, 1.54) is 0 Å². The SMILES string of the molecule is CC(F)(F)S(=O)C(S(=O)[O-])S(=O)(=O)C(C)(F)F. The number of alkyl halides is 4. The fraction of sp³-hybridized carbons (Fsp3) is 1.00. The molecule has 104 valence electrons. The third-order valence-corrected chi connectivity index (χ3v) is 7.83. The van der Waals surface area contributed by atoms with E-state index in [0.29, 0.717) is 0 Å². The van der Waals surface area contributed by atoms with Gasteiger partial charge in [0, 0.05) is 13.8 Å². The van der Waals surface area contributed by atoms with Crippen molar-refractivity contribution >= 4 is 31.7 Å². The quantitative estimate of drug-likeness (QED) is 0.545. The molecule has 0 rings (SSSR count). The average Bonchev–Trinajstić information content (AvgIpc) is 1.98. The molecule has 3 unspecified atom stereocenters. The third kappa shape index (κ3) is 3.69. The maximum Gasteiger partial charge on any atom is 0.345 e. The summed E-state index contributed by atoms with van der Waals surface area (Å²) in [5.41, 5.74) is 0. The van der Waals surface area contributed by atoms with Crippen molar-refractivity contribution in [1.82, 2.24) is 0 Å². The summed E-state index contributed by atoms with van der Waals surface area (Å²) in [6, 6.07) is 0. The Balaban J connectivity index is 5.77. The number of rotatable bonds is 5. The topological polar surface area (TPSA) is 91.3 Å². The van der Waals surface area contributed by atoms with Gasteiger partial charge in [0.25, 0.3) is 0 Å². The first-order valence-electron chi connectivity index (χ1n) is 3.70. The first kappa shape index (κ1) is 16.9. The summed E-state index contributed by atoms with van der Waals surface area (Å²) in [6.07, 6.45) is 0. The highest BCUT2D eigenvalue weighted by Crippen LogP contribution is 2.32. The van der Waals surface area contributed by atoms with Crippen LogP contribution in [-0.2, 0) is 31.7 Å². The smallest absolute Gasteiger partial charge is 0.345 e. The fourth-order valence-corrected chi connectivity index (χ4v) is 5.65. The Morgan fingerprint density at radius 3 is 1.65 bits per heavy atom. The van der Waals surface area contributed by atoms with Gasteiger partial charge < -0.3 is 4.55 Å². The monoisotopic (exact) mass is 319 g/mol. The van der Waals surface area contributed by atoms with Crippen molar-refractivity contribution in [3.05, 3.63) is 0 Å². The van der Waals surface area contributed by atoms with Gasteiger partial charge in [0.1, 0.15) is 10.8 Å². The van der Waals surface area contributed by atoms with E-state index >= 15 is 0 Å². The standard InChI is InChI=1S/C5H8F4O5S3/c1-4(6,7)15(10)3(16(11)12)17(13,14)5(2,8)9/h3H,1-2H3,(H,11,12)/p-1. The Hall–Kier alpha value is -0.0700. The molecule has 0 fully saturated rings. The summed E-state index contributed by atoms with van der Waals surface area (Å²) < 4.78 is 101. The van der Waals surface area contributed by atoms with Gasteiger partial charge in [-0.2, -0.15) is 17.6 Å². The molecule has 0 aromatic carbocycles. The highest BCUT2D eigenvalue weighted by Gasteiger charge is 2.53. The molecule has 0 spiro atoms. The zero-order valence-electron chi connectivity index (χ0n) is 8.36. The molecule has 0 amide bonds. The molecular weight excluding hydrogens is 312 g/mol. The van der Waals surface area contributed by atoms with Crippen LogP contribution in [0.1, 0.15) is 13.8 Å². The van der Waals surface area contributed by atoms with Crippen LogP contribution in [0.25, 0.3) is 0 Å². The summed E-state index contributed by atoms with van der Waals surface area (Å²) in [5, 5.41) is -8.85. The molecule has 17 heavy (non-hydrogen) atoms. The maximum absolute atomic E-state index is 12.6. The lowest BCUT2D eigenvalue weighted by atomic mass is 10.9. The number of hydrogen-bond donors (Lipinski definition) is 0. The van der Waals surface area contributed by atoms with Gasteiger partial charge >= 0.3 is 10.5 Å². The van der Waals surface area contributed by atoms with Crippen LogP contribution >= 0.6 is 0 Å². The van der Waals surface area contributed by atoms with Crippen LogP contribution in [0, 0.1) is 0 Å². The van der Waals surface area contributed by atoms with E-state index < -0.39 is 46.1 Å². The van der Waals surface area contributed by atoms with Gasteiger partial charge in [-0.1, -0.05) is 0 Å². The Labute approximate surface area is 99.2 Å². The summed E-state index contributed by atoms with van der Waals surface area (Å²) in [5.74, 6) is 0. The Kier molecular flexibility index (Phi) is 4.88. The molecule has 0 aromatic rings. The first-order valence-corrected chi connectivity index (χ1v) is 7.60. The van der Waals surface area contributed by atoms with Gasteiger partial charge in [-0.15, -0.1) is 0 Å². The molecule has 0 aliphatic heterocycles. The lowest BCUT2D eigenvalue weighted by Crippen LogP contribution is -2.44. The molecule has 0 heterocycles. The van der Waals surface area contributed by atoms with Crippen LogP contribution in [-0.4, -0.2) is 35.8 Å². The second-order valence-corrected chi connectivity index (χ2v) is 8.96. The molecule has 0 N–H and O–H groups in total. The second-order valence-electron chi connectivity index (χ2n) is 3.01. The largest absolute Gasteiger partial charge is 0.771 e. The lowest BCUT2D eigenvalue weighted by molar-refractivity contribution is 0.113. The Morgan fingerprint density at radius 2 is 1.47 bits per heavy atom. The molecule has 3 atom stereocenters. The molecule has 0 saturated heterocycles. The van der Waals surface area contributed by atoms with E-state index in [9.17, 15) is 39.0 Å². The first-order chi connectivity index (χ1) is 7.23. The zero-order chi connectivity index (χ0) is 14.2. The third-order valence-electron chi connectivity index (χ3n) is 1.44. The minimum Gasteiger partial charge on any atom is -0.771 e. The number of sulfone groups is 1. The molecule has 0 aliphatic rings. The molecular formula is C5H7F4O5S3-. The molecule has 5 nitrogen and oxygen atoms in total. The van der Waals surface area contributed by atoms with Crippen LogP contribution in [0.5, 0.6) is 0 Å². The van der Waals surface area contributed by atoms with Crippen LogP contribution in [0.3, 0.4) is 0 Å². The summed E-state index contributed by atoms with van der Waals surface area (Å²) in [7, 11) is -9.68. The molecule has 0 bridgehead atoms. The van der Waals surface area contributed by atoms with Gasteiger partial charge in [0.2, 0.25) is 13.8 Å². The van der Waals surface area contributed by atoms with Crippen LogP contribution in [0.2, 0.25) is 0 Å². The van der Waals surface area contributed by atoms with E-state index in [-0.39, 0.29) is 13.8 Å². The molecule has 12 heteroatoms. The summed E-state index contributed by atoms with van der Waals surface area (Å²) in [6.45, 7) is -0.223. The van der Waals surface area contributed by atoms with Crippen LogP contribution < -0.4 is 0 Å². The average molecular weight is 319 g/mol. The van der Waals surface area contributed by atoms with E-state index in [2.05, 4.69) is 0 Å². The number of hydrogen-bond acceptors (Lipinski definition) is 5. The lowest BCUT2D eigenvalue weighted by Gasteiger charge is -2.24. The predicted octanol–water partition coefficient (Wildman–Crippen LogP) is 0.538. The van der Waals surface area contributed by atoms with Crippen molar-refractivity contribution < 1.29 is 39.0 Å². The van der Waals surface area contributed by atoms with Gasteiger partial charge in [0.15, 0.2) is 0 Å². The van der Waals surface area contributed by atoms with Gasteiger partial charge in [0.05, 0.1) is 0 Å². The molecule has 0 radical (unpaired) electrons. The Morgan fingerprint density at radius 1 is 1.12 bits per heavy atom. The van der Waals surface area contributed by atoms with Crippen molar-refractivity contribution in [2.45, 2.75) is 28.3 Å². The maximum atomic E-state index is 12.6. The number of halogens is 4. The van der Waals surface area contributed by atoms with Crippen molar-refractivity contribution in [3.8, 4) is 0 Å². The predicted molar refractivity (Wildman–Crippen MR) is 51.0 cm³/mol. The molecule has 0 aliphatic carbocycles. The van der Waals surface area contributed by atoms with Gasteiger partial charge in [-0.3, -0.25) is 8.42 Å². The molecule has 0 aromatic heterocycles. The van der Waals surface area contributed by atoms with E-state index in [1.807, 2.05) is 0 Å². The minimum absolute atomic E-state index is 0.0354. The van der Waals surface area contributed by atoms with Crippen molar-refractivity contribution in [3.63, 3.8) is 0 Å². The second kappa shape index (κ2) is 4.90. The minimum atomic E-state index is -5.85. The normalized spacial score (nSPS) is 19.7. The van der Waals surface area contributed by atoms with Gasteiger partial charge in [-0.25, -0.2) is 8.42 Å². The highest BCUT2D eigenvalue weighted by molar-refractivity contribution is 8.19.